The summed E-state index contributed by atoms with van der Waals surface area (Å²) in [5.41, 5.74) is 0. The monoisotopic (exact) mass is 141 g/mol. The molecule has 0 aliphatic heterocycles. The van der Waals surface area contributed by atoms with E-state index in [1.165, 1.54) is 0 Å². The van der Waals surface area contributed by atoms with E-state index in [1.54, 1.807) is 24.1 Å². The molecule has 1 rings (SSSR count). The van der Waals surface area contributed by atoms with Gasteiger partial charge in [0.05, 0.1) is 12.1 Å². The quantitative estimate of drug-likeness (QED) is 0.641. The summed E-state index contributed by atoms with van der Waals surface area (Å²) in [6.45, 7) is 3.65. The van der Waals surface area contributed by atoms with Gasteiger partial charge in [0, 0.05) is 0 Å². The highest BCUT2D eigenvalue weighted by molar-refractivity contribution is 4.72. The van der Waals surface area contributed by atoms with Crippen molar-refractivity contribution >= 4 is 0 Å². The Bertz CT molecular complexity index is 183. The maximum absolute atomic E-state index is 9.12. The number of aliphatic hydroxyl groups is 1. The first-order chi connectivity index (χ1) is 4.72. The van der Waals surface area contributed by atoms with E-state index in [1.807, 2.05) is 6.92 Å². The topological polar surface area (TPSA) is 50.9 Å². The summed E-state index contributed by atoms with van der Waals surface area (Å²) in [4.78, 5) is 0. The summed E-state index contributed by atoms with van der Waals surface area (Å²) in [5, 5.41) is 16.4. The van der Waals surface area contributed by atoms with Gasteiger partial charge in [0.1, 0.15) is 12.7 Å². The molecule has 56 valence electrons. The Morgan fingerprint density at radius 2 is 1.80 bits per heavy atom. The van der Waals surface area contributed by atoms with Gasteiger partial charge < -0.3 is 9.67 Å². The van der Waals surface area contributed by atoms with Gasteiger partial charge in [-0.25, -0.2) is 0 Å². The number of hydrogen-bond acceptors (Lipinski definition) is 3. The predicted octanol–water partition coefficient (Wildman–Crippen LogP) is 0.220. The third kappa shape index (κ3) is 1.33. The molecule has 0 bridgehead atoms. The Hall–Kier alpha value is -0.900. The average molecular weight is 141 g/mol. The van der Waals surface area contributed by atoms with Crippen molar-refractivity contribution in [3.8, 4) is 0 Å². The van der Waals surface area contributed by atoms with Crippen molar-refractivity contribution in [3.05, 3.63) is 12.7 Å². The molecule has 0 amide bonds. The van der Waals surface area contributed by atoms with E-state index in [0.29, 0.717) is 0 Å². The molecule has 1 N–H and O–H groups in total. The fraction of sp³-hybridized carbons (Fsp3) is 0.667. The van der Waals surface area contributed by atoms with Crippen LogP contribution >= 0.6 is 0 Å². The lowest BCUT2D eigenvalue weighted by Crippen LogP contribution is -2.16. The van der Waals surface area contributed by atoms with E-state index in [4.69, 9.17) is 5.11 Å². The first kappa shape index (κ1) is 7.21. The molecule has 10 heavy (non-hydrogen) atoms. The fourth-order valence-corrected chi connectivity index (χ4v) is 0.668. The maximum atomic E-state index is 9.12. The summed E-state index contributed by atoms with van der Waals surface area (Å²) in [7, 11) is 0. The van der Waals surface area contributed by atoms with Crippen LogP contribution in [-0.4, -0.2) is 26.0 Å². The number of aliphatic hydroxyl groups excluding tert-OH is 1. The van der Waals surface area contributed by atoms with Gasteiger partial charge in [-0.05, 0) is 13.8 Å². The molecular weight excluding hydrogens is 130 g/mol. The minimum Gasteiger partial charge on any atom is -0.391 e. The van der Waals surface area contributed by atoms with E-state index in [0.717, 1.165) is 0 Å². The molecule has 0 radical (unpaired) electrons. The minimum absolute atomic E-state index is 0.0509. The van der Waals surface area contributed by atoms with Crippen LogP contribution in [0.15, 0.2) is 12.7 Å². The lowest BCUT2D eigenvalue weighted by Gasteiger charge is -2.14. The third-order valence-corrected chi connectivity index (χ3v) is 1.61. The number of hydrogen-bond donors (Lipinski definition) is 1. The molecule has 1 aromatic heterocycles. The van der Waals surface area contributed by atoms with Crippen LogP contribution < -0.4 is 0 Å². The first-order valence-electron chi connectivity index (χ1n) is 3.24. The van der Waals surface area contributed by atoms with Gasteiger partial charge in [0.25, 0.3) is 0 Å². The smallest absolute Gasteiger partial charge is 0.119 e. The van der Waals surface area contributed by atoms with Crippen molar-refractivity contribution in [2.75, 3.05) is 0 Å². The Morgan fingerprint density at radius 3 is 2.20 bits per heavy atom. The van der Waals surface area contributed by atoms with E-state index in [9.17, 15) is 0 Å². The highest BCUT2D eigenvalue weighted by Gasteiger charge is 2.09. The molecule has 0 saturated heterocycles. The molecule has 0 aliphatic carbocycles. The zero-order valence-electron chi connectivity index (χ0n) is 6.10. The highest BCUT2D eigenvalue weighted by Crippen LogP contribution is 2.07. The van der Waals surface area contributed by atoms with Gasteiger partial charge in [0.2, 0.25) is 0 Å². The van der Waals surface area contributed by atoms with Crippen molar-refractivity contribution < 1.29 is 5.11 Å². The van der Waals surface area contributed by atoms with Crippen molar-refractivity contribution in [1.29, 1.82) is 0 Å². The fourth-order valence-electron chi connectivity index (χ4n) is 0.668. The molecule has 2 atom stereocenters. The summed E-state index contributed by atoms with van der Waals surface area (Å²) < 4.78 is 1.77. The molecule has 0 saturated carbocycles. The molecule has 4 nitrogen and oxygen atoms in total. The van der Waals surface area contributed by atoms with Crippen LogP contribution in [0.4, 0.5) is 0 Å². The average Bonchev–Trinajstić information content (AvgIpc) is 2.36. The number of nitrogens with zero attached hydrogens (tertiary/aromatic N) is 3. The van der Waals surface area contributed by atoms with Crippen LogP contribution in [0, 0.1) is 0 Å². The standard InChI is InChI=1S/C6H11N3O/c1-5(6(2)10)9-3-7-8-4-9/h3-6,10H,1-2H3. The molecular formula is C6H11N3O. The summed E-state index contributed by atoms with van der Waals surface area (Å²) >= 11 is 0. The van der Waals surface area contributed by atoms with E-state index < -0.39 is 0 Å². The second kappa shape index (κ2) is 2.79. The van der Waals surface area contributed by atoms with Crippen molar-refractivity contribution in [1.82, 2.24) is 14.8 Å². The molecule has 2 unspecified atom stereocenters. The van der Waals surface area contributed by atoms with Crippen molar-refractivity contribution in [3.63, 3.8) is 0 Å². The number of aromatic nitrogens is 3. The summed E-state index contributed by atoms with van der Waals surface area (Å²) in [5.74, 6) is 0. The minimum atomic E-state index is -0.365. The molecule has 0 spiro atoms. The lowest BCUT2D eigenvalue weighted by atomic mass is 10.2. The van der Waals surface area contributed by atoms with Gasteiger partial charge in [0.15, 0.2) is 0 Å². The Kier molecular flexibility index (Phi) is 2.01. The van der Waals surface area contributed by atoms with Crippen LogP contribution in [0.1, 0.15) is 19.9 Å². The van der Waals surface area contributed by atoms with E-state index in [2.05, 4.69) is 10.2 Å². The Morgan fingerprint density at radius 1 is 1.30 bits per heavy atom. The summed E-state index contributed by atoms with van der Waals surface area (Å²) in [6.07, 6.45) is 2.82. The van der Waals surface area contributed by atoms with Gasteiger partial charge in [-0.15, -0.1) is 10.2 Å². The third-order valence-electron chi connectivity index (χ3n) is 1.61. The van der Waals surface area contributed by atoms with Crippen LogP contribution in [0.2, 0.25) is 0 Å². The van der Waals surface area contributed by atoms with E-state index >= 15 is 0 Å². The molecule has 1 aromatic rings. The number of rotatable bonds is 2. The zero-order chi connectivity index (χ0) is 7.56. The molecule has 0 aromatic carbocycles. The van der Waals surface area contributed by atoms with Crippen LogP contribution in [-0.2, 0) is 0 Å². The SMILES string of the molecule is CC(O)C(C)n1cnnc1. The Labute approximate surface area is 59.5 Å². The van der Waals surface area contributed by atoms with Crippen molar-refractivity contribution in [2.24, 2.45) is 0 Å². The second-order valence-corrected chi connectivity index (χ2v) is 2.39. The normalized spacial score (nSPS) is 16.7. The van der Waals surface area contributed by atoms with Crippen LogP contribution in [0.3, 0.4) is 0 Å². The highest BCUT2D eigenvalue weighted by atomic mass is 16.3. The Balaban J connectivity index is 2.68. The second-order valence-electron chi connectivity index (χ2n) is 2.39. The van der Waals surface area contributed by atoms with Crippen LogP contribution in [0.25, 0.3) is 0 Å². The molecule has 4 heteroatoms. The summed E-state index contributed by atoms with van der Waals surface area (Å²) in [6, 6.07) is 0.0509. The predicted molar refractivity (Wildman–Crippen MR) is 36.4 cm³/mol. The largest absolute Gasteiger partial charge is 0.391 e. The molecule has 0 fully saturated rings. The first-order valence-corrected chi connectivity index (χ1v) is 3.24. The van der Waals surface area contributed by atoms with Gasteiger partial charge in [-0.2, -0.15) is 0 Å². The van der Waals surface area contributed by atoms with Gasteiger partial charge in [-0.1, -0.05) is 0 Å². The lowest BCUT2D eigenvalue weighted by molar-refractivity contribution is 0.139. The maximum Gasteiger partial charge on any atom is 0.119 e. The zero-order valence-corrected chi connectivity index (χ0v) is 6.10. The molecule has 0 aliphatic rings. The molecule has 1 heterocycles. The van der Waals surface area contributed by atoms with Gasteiger partial charge in [-0.3, -0.25) is 0 Å². The van der Waals surface area contributed by atoms with Crippen LogP contribution in [0.5, 0.6) is 0 Å². The van der Waals surface area contributed by atoms with Gasteiger partial charge >= 0.3 is 0 Å². The van der Waals surface area contributed by atoms with E-state index in [-0.39, 0.29) is 12.1 Å². The van der Waals surface area contributed by atoms with Crippen molar-refractivity contribution in [2.45, 2.75) is 26.0 Å².